The molecule has 7 nitrogen and oxygen atoms in total. The third-order valence-corrected chi connectivity index (χ3v) is 3.49. The summed E-state index contributed by atoms with van der Waals surface area (Å²) in [6, 6.07) is 11.5. The number of carbonyl (C=O) groups is 3. The van der Waals surface area contributed by atoms with Crippen molar-refractivity contribution in [3.05, 3.63) is 59.2 Å². The highest BCUT2D eigenvalue weighted by atomic mass is 16.2. The lowest BCUT2D eigenvalue weighted by Gasteiger charge is -2.10. The van der Waals surface area contributed by atoms with Crippen LogP contribution in [-0.2, 0) is 11.3 Å². The number of amides is 4. The van der Waals surface area contributed by atoms with Gasteiger partial charge in [0.2, 0.25) is 5.91 Å². The van der Waals surface area contributed by atoms with Crippen LogP contribution >= 0.6 is 0 Å². The van der Waals surface area contributed by atoms with E-state index in [4.69, 9.17) is 5.73 Å². The van der Waals surface area contributed by atoms with Crippen molar-refractivity contribution in [2.24, 2.45) is 5.73 Å². The van der Waals surface area contributed by atoms with E-state index in [9.17, 15) is 14.4 Å². The number of nitrogens with two attached hydrogens (primary N) is 1. The second kappa shape index (κ2) is 7.96. The fourth-order valence-electron chi connectivity index (χ4n) is 2.22. The Bertz CT molecular complexity index is 800. The lowest BCUT2D eigenvalue weighted by molar-refractivity contribution is -0.114. The quantitative estimate of drug-likeness (QED) is 0.670. The molecular formula is C18H20N4O3. The summed E-state index contributed by atoms with van der Waals surface area (Å²) in [4.78, 5) is 34.3. The first kappa shape index (κ1) is 18.0. The number of benzene rings is 2. The molecule has 0 aliphatic rings. The van der Waals surface area contributed by atoms with E-state index in [1.807, 2.05) is 6.92 Å². The van der Waals surface area contributed by atoms with Crippen molar-refractivity contribution >= 4 is 29.2 Å². The highest BCUT2D eigenvalue weighted by Gasteiger charge is 2.09. The van der Waals surface area contributed by atoms with Crippen molar-refractivity contribution in [3.63, 3.8) is 0 Å². The van der Waals surface area contributed by atoms with Gasteiger partial charge in [-0.2, -0.15) is 0 Å². The van der Waals surface area contributed by atoms with E-state index in [1.165, 1.54) is 6.92 Å². The molecule has 0 radical (unpaired) electrons. The predicted molar refractivity (Wildman–Crippen MR) is 96.3 cm³/mol. The molecule has 0 bridgehead atoms. The zero-order valence-corrected chi connectivity index (χ0v) is 14.1. The largest absolute Gasteiger partial charge is 0.351 e. The Morgan fingerprint density at radius 1 is 1.00 bits per heavy atom. The maximum Gasteiger partial charge on any atom is 0.316 e. The smallest absolute Gasteiger partial charge is 0.316 e. The zero-order chi connectivity index (χ0) is 18.4. The van der Waals surface area contributed by atoms with Gasteiger partial charge in [-0.05, 0) is 42.3 Å². The van der Waals surface area contributed by atoms with E-state index in [2.05, 4.69) is 16.0 Å². The molecule has 0 spiro atoms. The van der Waals surface area contributed by atoms with Gasteiger partial charge in [-0.25, -0.2) is 4.79 Å². The lowest BCUT2D eigenvalue weighted by Crippen LogP contribution is -2.23. The van der Waals surface area contributed by atoms with Gasteiger partial charge in [-0.15, -0.1) is 0 Å². The Labute approximate surface area is 145 Å². The molecule has 0 unspecified atom stereocenters. The highest BCUT2D eigenvalue weighted by Crippen LogP contribution is 2.17. The number of carbonyl (C=O) groups excluding carboxylic acids is 3. The van der Waals surface area contributed by atoms with Crippen LogP contribution < -0.4 is 21.7 Å². The van der Waals surface area contributed by atoms with Crippen LogP contribution in [-0.4, -0.2) is 17.8 Å². The molecule has 0 fully saturated rings. The van der Waals surface area contributed by atoms with Crippen LogP contribution in [0.4, 0.5) is 16.2 Å². The maximum absolute atomic E-state index is 12.3. The number of primary amides is 1. The van der Waals surface area contributed by atoms with Gasteiger partial charge in [0, 0.05) is 30.4 Å². The van der Waals surface area contributed by atoms with E-state index in [1.54, 1.807) is 42.5 Å². The van der Waals surface area contributed by atoms with E-state index in [-0.39, 0.29) is 11.8 Å². The number of hydrogen-bond donors (Lipinski definition) is 4. The van der Waals surface area contributed by atoms with Gasteiger partial charge in [0.15, 0.2) is 0 Å². The molecule has 25 heavy (non-hydrogen) atoms. The summed E-state index contributed by atoms with van der Waals surface area (Å²) in [7, 11) is 0. The molecule has 130 valence electrons. The molecule has 5 N–H and O–H groups in total. The van der Waals surface area contributed by atoms with Crippen molar-refractivity contribution in [2.75, 3.05) is 10.6 Å². The second-order valence-electron chi connectivity index (χ2n) is 5.58. The fourth-order valence-corrected chi connectivity index (χ4v) is 2.22. The number of hydrogen-bond acceptors (Lipinski definition) is 3. The van der Waals surface area contributed by atoms with Gasteiger partial charge < -0.3 is 21.7 Å². The first-order valence-electron chi connectivity index (χ1n) is 7.67. The Morgan fingerprint density at radius 3 is 2.28 bits per heavy atom. The normalized spacial score (nSPS) is 10.0. The first-order valence-corrected chi connectivity index (χ1v) is 7.67. The van der Waals surface area contributed by atoms with Crippen LogP contribution in [0.2, 0.25) is 0 Å². The SMILES string of the molecule is CC(=O)Nc1cc(C(=O)NCc2ccc(NC(N)=O)cc2)ccc1C. The van der Waals surface area contributed by atoms with Gasteiger partial charge in [0.1, 0.15) is 0 Å². The summed E-state index contributed by atoms with van der Waals surface area (Å²) in [5, 5.41) is 7.98. The van der Waals surface area contributed by atoms with E-state index in [0.717, 1.165) is 11.1 Å². The highest BCUT2D eigenvalue weighted by molar-refractivity contribution is 5.97. The third-order valence-electron chi connectivity index (χ3n) is 3.49. The van der Waals surface area contributed by atoms with Crippen molar-refractivity contribution < 1.29 is 14.4 Å². The molecule has 0 saturated heterocycles. The fraction of sp³-hybridized carbons (Fsp3) is 0.167. The van der Waals surface area contributed by atoms with Crippen molar-refractivity contribution in [3.8, 4) is 0 Å². The molecule has 0 saturated carbocycles. The lowest BCUT2D eigenvalue weighted by atomic mass is 10.1. The molecule has 0 aliphatic carbocycles. The number of anilines is 2. The molecule has 0 aromatic heterocycles. The average Bonchev–Trinajstić information content (AvgIpc) is 2.55. The van der Waals surface area contributed by atoms with Crippen molar-refractivity contribution in [1.29, 1.82) is 0 Å². The Balaban J connectivity index is 2.00. The van der Waals surface area contributed by atoms with E-state index >= 15 is 0 Å². The van der Waals surface area contributed by atoms with Gasteiger partial charge >= 0.3 is 6.03 Å². The van der Waals surface area contributed by atoms with Crippen LogP contribution in [0.5, 0.6) is 0 Å². The predicted octanol–water partition coefficient (Wildman–Crippen LogP) is 2.37. The summed E-state index contributed by atoms with van der Waals surface area (Å²) in [6.45, 7) is 3.61. The molecule has 0 atom stereocenters. The summed E-state index contributed by atoms with van der Waals surface area (Å²) in [5.41, 5.74) is 8.45. The van der Waals surface area contributed by atoms with Crippen molar-refractivity contribution in [2.45, 2.75) is 20.4 Å². The summed E-state index contributed by atoms with van der Waals surface area (Å²) in [5.74, 6) is -0.434. The van der Waals surface area contributed by atoms with Gasteiger partial charge in [0.05, 0.1) is 0 Å². The molecule has 4 amide bonds. The average molecular weight is 340 g/mol. The molecule has 0 aliphatic heterocycles. The standard InChI is InChI=1S/C18H20N4O3/c1-11-3-6-14(9-16(11)21-12(2)23)17(24)20-10-13-4-7-15(8-5-13)22-18(19)25/h3-9H,10H2,1-2H3,(H,20,24)(H,21,23)(H3,19,22,25). The van der Waals surface area contributed by atoms with Crippen LogP contribution in [0, 0.1) is 6.92 Å². The van der Waals surface area contributed by atoms with Gasteiger partial charge in [-0.1, -0.05) is 18.2 Å². The van der Waals surface area contributed by atoms with Gasteiger partial charge in [-0.3, -0.25) is 9.59 Å². The van der Waals surface area contributed by atoms with Crippen molar-refractivity contribution in [1.82, 2.24) is 5.32 Å². The van der Waals surface area contributed by atoms with Crippen LogP contribution in [0.15, 0.2) is 42.5 Å². The third kappa shape index (κ3) is 5.35. The summed E-state index contributed by atoms with van der Waals surface area (Å²) >= 11 is 0. The van der Waals surface area contributed by atoms with Crippen LogP contribution in [0.3, 0.4) is 0 Å². The minimum Gasteiger partial charge on any atom is -0.351 e. The molecular weight excluding hydrogens is 320 g/mol. The maximum atomic E-state index is 12.3. The summed E-state index contributed by atoms with van der Waals surface area (Å²) in [6.07, 6.45) is 0. The number of rotatable bonds is 5. The number of aryl methyl sites for hydroxylation is 1. The zero-order valence-electron chi connectivity index (χ0n) is 14.1. The first-order chi connectivity index (χ1) is 11.8. The van der Waals surface area contributed by atoms with E-state index in [0.29, 0.717) is 23.5 Å². The minimum atomic E-state index is -0.629. The topological polar surface area (TPSA) is 113 Å². The van der Waals surface area contributed by atoms with Gasteiger partial charge in [0.25, 0.3) is 5.91 Å². The second-order valence-corrected chi connectivity index (χ2v) is 5.58. The molecule has 2 rings (SSSR count). The summed E-state index contributed by atoms with van der Waals surface area (Å²) < 4.78 is 0. The Kier molecular flexibility index (Phi) is 5.73. The Hall–Kier alpha value is -3.35. The van der Waals surface area contributed by atoms with Crippen LogP contribution in [0.1, 0.15) is 28.4 Å². The minimum absolute atomic E-state index is 0.190. The molecule has 2 aromatic rings. The number of urea groups is 1. The van der Waals surface area contributed by atoms with Crippen LogP contribution in [0.25, 0.3) is 0 Å². The molecule has 7 heteroatoms. The van der Waals surface area contributed by atoms with E-state index < -0.39 is 6.03 Å². The Morgan fingerprint density at radius 2 is 1.68 bits per heavy atom. The monoisotopic (exact) mass is 340 g/mol. The molecule has 2 aromatic carbocycles. The number of nitrogens with one attached hydrogen (secondary N) is 3. The molecule has 0 heterocycles.